The van der Waals surface area contributed by atoms with E-state index in [0.717, 1.165) is 0 Å². The first-order chi connectivity index (χ1) is 1.41. The van der Waals surface area contributed by atoms with Crippen LogP contribution in [0.15, 0.2) is 0 Å². The van der Waals surface area contributed by atoms with Crippen molar-refractivity contribution in [2.24, 2.45) is 0 Å². The van der Waals surface area contributed by atoms with E-state index in [9.17, 15) is 0 Å². The number of hydrogen-bond donors (Lipinski definition) is 0. The zero-order chi connectivity index (χ0) is 2.71. The van der Waals surface area contributed by atoms with E-state index in [0.29, 0.717) is 0 Å². The summed E-state index contributed by atoms with van der Waals surface area (Å²) in [6, 6.07) is 0. The number of halogens is 3. The Morgan fingerprint density at radius 1 is 1.17 bits per heavy atom. The molecule has 0 heterocycles. The largest absolute Gasteiger partial charge is 0.147 e. The van der Waals surface area contributed by atoms with Gasteiger partial charge in [-0.3, -0.25) is 0 Å². The van der Waals surface area contributed by atoms with Crippen LogP contribution in [0.2, 0.25) is 0 Å². The third-order valence-electron chi connectivity index (χ3n) is 0. The SMILES string of the molecule is C[O][Ti].Cl.Cl.Cl. The Morgan fingerprint density at radius 3 is 1.17 bits per heavy atom. The molecule has 5 heteroatoms. The number of rotatable bonds is 0. The summed E-state index contributed by atoms with van der Waals surface area (Å²) in [6.45, 7) is 0. The second-order valence-electron chi connectivity index (χ2n) is 0.204. The minimum atomic E-state index is 0. The maximum Gasteiger partial charge on any atom is -0.147 e. The minimum Gasteiger partial charge on any atom is -0.147 e. The maximum absolute atomic E-state index is 4.25. The van der Waals surface area contributed by atoms with Gasteiger partial charge in [0.15, 0.2) is 0 Å². The van der Waals surface area contributed by atoms with E-state index < -0.39 is 0 Å². The van der Waals surface area contributed by atoms with E-state index in [-0.39, 0.29) is 37.2 Å². The summed E-state index contributed by atoms with van der Waals surface area (Å²) in [5.41, 5.74) is 0. The zero-order valence-electron chi connectivity index (χ0n) is 3.13. The van der Waals surface area contributed by atoms with Crippen molar-refractivity contribution in [2.45, 2.75) is 0 Å². The third kappa shape index (κ3) is 48.0. The summed E-state index contributed by atoms with van der Waals surface area (Å²) in [5.74, 6) is 0. The van der Waals surface area contributed by atoms with Gasteiger partial charge in [-0.25, -0.2) is 0 Å². The van der Waals surface area contributed by atoms with Crippen molar-refractivity contribution in [2.75, 3.05) is 7.11 Å². The van der Waals surface area contributed by atoms with E-state index in [1.807, 2.05) is 0 Å². The van der Waals surface area contributed by atoms with E-state index >= 15 is 0 Å². The molecule has 0 saturated heterocycles. The first kappa shape index (κ1) is 25.7. The molecule has 0 aliphatic heterocycles. The second-order valence-corrected chi connectivity index (χ2v) is 0.842. The molecule has 0 aromatic heterocycles. The van der Waals surface area contributed by atoms with Crippen molar-refractivity contribution >= 4 is 37.2 Å². The van der Waals surface area contributed by atoms with Crippen LogP contribution in [-0.2, 0) is 24.1 Å². The van der Waals surface area contributed by atoms with Crippen LogP contribution in [0.3, 0.4) is 0 Å². The molecule has 0 bridgehead atoms. The molecule has 1 nitrogen and oxygen atoms in total. The summed E-state index contributed by atoms with van der Waals surface area (Å²) >= 11 is 1.62. The molecule has 0 aliphatic rings. The molecule has 0 N–H and O–H groups in total. The fraction of sp³-hybridized carbons (Fsp3) is 1.00. The van der Waals surface area contributed by atoms with Crippen molar-refractivity contribution in [3.8, 4) is 0 Å². The van der Waals surface area contributed by atoms with Crippen LogP contribution < -0.4 is 0 Å². The van der Waals surface area contributed by atoms with Crippen LogP contribution in [0.25, 0.3) is 0 Å². The van der Waals surface area contributed by atoms with Crippen molar-refractivity contribution in [1.82, 2.24) is 0 Å². The predicted molar refractivity (Wildman–Crippen MR) is 28.8 cm³/mol. The summed E-state index contributed by atoms with van der Waals surface area (Å²) in [7, 11) is 1.62. The molecular formula is CH6Cl3OTi. The summed E-state index contributed by atoms with van der Waals surface area (Å²) < 4.78 is 4.25. The molecule has 0 atom stereocenters. The van der Waals surface area contributed by atoms with Gasteiger partial charge in [0.05, 0.1) is 0 Å². The van der Waals surface area contributed by atoms with Gasteiger partial charge in [0.1, 0.15) is 0 Å². The van der Waals surface area contributed by atoms with Gasteiger partial charge in [-0.05, 0) is 0 Å². The van der Waals surface area contributed by atoms with E-state index in [1.54, 1.807) is 27.9 Å². The Labute approximate surface area is 68.3 Å². The first-order valence-corrected chi connectivity index (χ1v) is 1.25. The fourth-order valence-corrected chi connectivity index (χ4v) is 0. The third-order valence-corrected chi connectivity index (χ3v) is 0. The van der Waals surface area contributed by atoms with Gasteiger partial charge in [0.25, 0.3) is 0 Å². The Kier molecular flexibility index (Phi) is 133. The van der Waals surface area contributed by atoms with Crippen molar-refractivity contribution < 1.29 is 24.1 Å². The van der Waals surface area contributed by atoms with E-state index in [1.165, 1.54) is 0 Å². The van der Waals surface area contributed by atoms with Crippen LogP contribution >= 0.6 is 37.2 Å². The van der Waals surface area contributed by atoms with Crippen LogP contribution in [0, 0.1) is 0 Å². The molecule has 0 aromatic rings. The molecule has 0 aromatic carbocycles. The molecule has 0 spiro atoms. The van der Waals surface area contributed by atoms with Crippen molar-refractivity contribution in [1.29, 1.82) is 0 Å². The van der Waals surface area contributed by atoms with Gasteiger partial charge < -0.3 is 0 Å². The monoisotopic (exact) mass is 187 g/mol. The normalized spacial score (nSPS) is 2.67. The van der Waals surface area contributed by atoms with E-state index in [4.69, 9.17) is 0 Å². The smallest absolute Gasteiger partial charge is 0.147 e. The van der Waals surface area contributed by atoms with Gasteiger partial charge >= 0.3 is 31.3 Å². The number of hydrogen-bond acceptors (Lipinski definition) is 1. The Morgan fingerprint density at radius 2 is 1.17 bits per heavy atom. The minimum absolute atomic E-state index is 0. The average molecular weight is 188 g/mol. The summed E-state index contributed by atoms with van der Waals surface area (Å²) in [4.78, 5) is 0. The van der Waals surface area contributed by atoms with Gasteiger partial charge in [-0.2, -0.15) is 0 Å². The molecule has 0 fully saturated rings. The van der Waals surface area contributed by atoms with Crippen LogP contribution in [0.4, 0.5) is 0 Å². The van der Waals surface area contributed by atoms with Crippen LogP contribution in [0.1, 0.15) is 0 Å². The molecule has 0 aliphatic carbocycles. The van der Waals surface area contributed by atoms with Gasteiger partial charge in [0.2, 0.25) is 0 Å². The predicted octanol–water partition coefficient (Wildman–Crippen LogP) is 1.36. The Hall–Kier alpha value is 1.54. The van der Waals surface area contributed by atoms with Crippen molar-refractivity contribution in [3.05, 3.63) is 0 Å². The molecule has 41 valence electrons. The summed E-state index contributed by atoms with van der Waals surface area (Å²) in [6.07, 6.45) is 0. The topological polar surface area (TPSA) is 9.23 Å². The van der Waals surface area contributed by atoms with Gasteiger partial charge in [-0.1, -0.05) is 0 Å². The summed E-state index contributed by atoms with van der Waals surface area (Å²) in [5, 5.41) is 0. The molecule has 0 rings (SSSR count). The van der Waals surface area contributed by atoms with Crippen molar-refractivity contribution in [3.63, 3.8) is 0 Å². The zero-order valence-corrected chi connectivity index (χ0v) is 7.14. The molecule has 0 unspecified atom stereocenters. The second kappa shape index (κ2) is 31.1. The Bertz CT molecular complexity index is 10.8. The van der Waals surface area contributed by atoms with Crippen LogP contribution in [0.5, 0.6) is 0 Å². The average Bonchev–Trinajstić information content (AvgIpc) is 0.918. The maximum atomic E-state index is 4.25. The standard InChI is InChI=1S/CH3O.3ClH.Ti/c1-2;;;;/h1H3;3*1H;/q-1;;;;+1. The molecule has 0 amide bonds. The van der Waals surface area contributed by atoms with E-state index in [2.05, 4.69) is 3.32 Å². The first-order valence-electron chi connectivity index (χ1n) is 0.612. The molecule has 0 radical (unpaired) electrons. The van der Waals surface area contributed by atoms with Gasteiger partial charge in [-0.15, -0.1) is 37.2 Å². The molecular weight excluding hydrogens is 182 g/mol. The molecule has 6 heavy (non-hydrogen) atoms. The van der Waals surface area contributed by atoms with Crippen LogP contribution in [-0.4, -0.2) is 7.11 Å². The fourth-order valence-electron chi connectivity index (χ4n) is 0. The van der Waals surface area contributed by atoms with Gasteiger partial charge in [0, 0.05) is 0 Å². The quantitative estimate of drug-likeness (QED) is 0.522. The molecule has 0 saturated carbocycles. The Balaban J connectivity index is -0.00000000667.